The quantitative estimate of drug-likeness (QED) is 0.740. The van der Waals surface area contributed by atoms with Crippen molar-refractivity contribution in [2.75, 3.05) is 0 Å². The fourth-order valence-corrected chi connectivity index (χ4v) is 7.68. The smallest absolute Gasteiger partial charge is 0.272 e. The lowest BCUT2D eigenvalue weighted by atomic mass is 9.56. The molecule has 3 aromatic heterocycles. The predicted molar refractivity (Wildman–Crippen MR) is 109 cm³/mol. The van der Waals surface area contributed by atoms with Gasteiger partial charge in [0.15, 0.2) is 11.5 Å². The number of imidazole rings is 1. The SMILES string of the molecule is O=C(NC12CC3CC4CC(C1)C4(C3)C2)c1nc(-c2ccccn2)n2ccccc12. The molecule has 7 rings (SSSR count). The highest BCUT2D eigenvalue weighted by atomic mass is 16.2. The van der Waals surface area contributed by atoms with E-state index in [0.717, 1.165) is 41.2 Å². The lowest BCUT2D eigenvalue weighted by Crippen LogP contribution is -2.50. The first-order chi connectivity index (χ1) is 14.2. The van der Waals surface area contributed by atoms with Crippen molar-refractivity contribution in [3.63, 3.8) is 0 Å². The second-order valence-corrected chi connectivity index (χ2v) is 9.94. The van der Waals surface area contributed by atoms with Crippen LogP contribution in [0.25, 0.3) is 17.0 Å². The summed E-state index contributed by atoms with van der Waals surface area (Å²) in [4.78, 5) is 22.7. The molecule has 146 valence electrons. The van der Waals surface area contributed by atoms with Gasteiger partial charge < -0.3 is 5.32 Å². The molecular weight excluding hydrogens is 360 g/mol. The Morgan fingerprint density at radius 3 is 2.90 bits per heavy atom. The van der Waals surface area contributed by atoms with Gasteiger partial charge in [0, 0.05) is 17.9 Å². The van der Waals surface area contributed by atoms with Crippen LogP contribution < -0.4 is 5.32 Å². The standard InChI is InChI=1S/C24H24N4O/c29-22(27-23-11-15-9-16-10-17(13-23)24(16,12-15)14-23)20-19-6-2-4-8-28(19)21(26-20)18-5-1-3-7-25-18/h1-8,15-17H,9-14H2,(H,27,29). The largest absolute Gasteiger partial charge is 0.345 e. The third kappa shape index (κ3) is 2.03. The average Bonchev–Trinajstić information content (AvgIpc) is 3.27. The number of carbonyl (C=O) groups is 1. The molecule has 29 heavy (non-hydrogen) atoms. The van der Waals surface area contributed by atoms with E-state index in [1.165, 1.54) is 32.1 Å². The van der Waals surface area contributed by atoms with Crippen molar-refractivity contribution in [1.29, 1.82) is 0 Å². The highest BCUT2D eigenvalue weighted by Gasteiger charge is 2.71. The van der Waals surface area contributed by atoms with Gasteiger partial charge in [0.25, 0.3) is 5.91 Å². The molecule has 4 aliphatic carbocycles. The van der Waals surface area contributed by atoms with Crippen molar-refractivity contribution in [3.8, 4) is 11.5 Å². The first-order valence-corrected chi connectivity index (χ1v) is 10.9. The van der Waals surface area contributed by atoms with E-state index < -0.39 is 0 Å². The number of fused-ring (bicyclic) bond motifs is 3. The van der Waals surface area contributed by atoms with Crippen LogP contribution in [0, 0.1) is 23.2 Å². The number of carbonyl (C=O) groups excluding carboxylic acids is 1. The maximum atomic E-state index is 13.5. The lowest BCUT2D eigenvalue weighted by molar-refractivity contribution is -0.000693. The Kier molecular flexibility index (Phi) is 2.93. The highest BCUT2D eigenvalue weighted by Crippen LogP contribution is 2.76. The van der Waals surface area contributed by atoms with Crippen molar-refractivity contribution in [1.82, 2.24) is 19.7 Å². The van der Waals surface area contributed by atoms with Crippen molar-refractivity contribution >= 4 is 11.4 Å². The van der Waals surface area contributed by atoms with Gasteiger partial charge in [0.2, 0.25) is 0 Å². The maximum absolute atomic E-state index is 13.5. The number of hydrogen-bond acceptors (Lipinski definition) is 3. The second-order valence-electron chi connectivity index (χ2n) is 9.94. The minimum atomic E-state index is -0.0218. The van der Waals surface area contributed by atoms with Gasteiger partial charge in [-0.3, -0.25) is 14.2 Å². The molecule has 1 N–H and O–H groups in total. The summed E-state index contributed by atoms with van der Waals surface area (Å²) in [5, 5.41) is 3.51. The first-order valence-electron chi connectivity index (χ1n) is 10.9. The van der Waals surface area contributed by atoms with E-state index in [9.17, 15) is 4.79 Å². The summed E-state index contributed by atoms with van der Waals surface area (Å²) >= 11 is 0. The average molecular weight is 384 g/mol. The zero-order chi connectivity index (χ0) is 19.2. The van der Waals surface area contributed by atoms with Crippen LogP contribution in [0.5, 0.6) is 0 Å². The van der Waals surface area contributed by atoms with Crippen LogP contribution in [0.3, 0.4) is 0 Å². The summed E-state index contributed by atoms with van der Waals surface area (Å²) < 4.78 is 1.98. The minimum Gasteiger partial charge on any atom is -0.345 e. The Labute approximate surface area is 169 Å². The number of aromatic nitrogens is 3. The Bertz CT molecular complexity index is 1150. The van der Waals surface area contributed by atoms with Gasteiger partial charge in [-0.05, 0) is 86.0 Å². The fourth-order valence-electron chi connectivity index (χ4n) is 7.68. The molecule has 3 bridgehead atoms. The predicted octanol–water partition coefficient (Wildman–Crippen LogP) is 4.09. The molecule has 3 heterocycles. The molecule has 1 spiro atoms. The fraction of sp³-hybridized carbons (Fsp3) is 0.458. The molecule has 3 aromatic rings. The number of rotatable bonds is 3. The Morgan fingerprint density at radius 1 is 1.07 bits per heavy atom. The van der Waals surface area contributed by atoms with Gasteiger partial charge in [-0.25, -0.2) is 4.98 Å². The van der Waals surface area contributed by atoms with Gasteiger partial charge in [-0.1, -0.05) is 12.1 Å². The van der Waals surface area contributed by atoms with E-state index in [0.29, 0.717) is 11.1 Å². The van der Waals surface area contributed by atoms with E-state index in [1.807, 2.05) is 47.0 Å². The van der Waals surface area contributed by atoms with Crippen LogP contribution in [-0.2, 0) is 0 Å². The van der Waals surface area contributed by atoms with Gasteiger partial charge in [-0.15, -0.1) is 0 Å². The maximum Gasteiger partial charge on any atom is 0.272 e. The topological polar surface area (TPSA) is 59.3 Å². The zero-order valence-electron chi connectivity index (χ0n) is 16.3. The number of amides is 1. The molecule has 4 aliphatic rings. The molecule has 0 aliphatic heterocycles. The molecular formula is C24H24N4O. The summed E-state index contributed by atoms with van der Waals surface area (Å²) in [7, 11) is 0. The summed E-state index contributed by atoms with van der Waals surface area (Å²) in [6, 6.07) is 11.7. The molecule has 0 aromatic carbocycles. The van der Waals surface area contributed by atoms with Crippen molar-refractivity contribution < 1.29 is 4.79 Å². The second kappa shape index (κ2) is 5.26. The van der Waals surface area contributed by atoms with Crippen LogP contribution >= 0.6 is 0 Å². The normalized spacial score (nSPS) is 36.2. The van der Waals surface area contributed by atoms with Gasteiger partial charge in [0.05, 0.1) is 5.52 Å². The number of hydrogen-bond donors (Lipinski definition) is 1. The van der Waals surface area contributed by atoms with Crippen molar-refractivity contribution in [2.24, 2.45) is 23.2 Å². The van der Waals surface area contributed by atoms with E-state index in [2.05, 4.69) is 10.3 Å². The molecule has 5 heteroatoms. The summed E-state index contributed by atoms with van der Waals surface area (Å²) in [5.41, 5.74) is 2.70. The third-order valence-electron chi connectivity index (χ3n) is 8.50. The molecule has 4 saturated carbocycles. The Morgan fingerprint density at radius 2 is 2.00 bits per heavy atom. The molecule has 5 nitrogen and oxygen atoms in total. The van der Waals surface area contributed by atoms with E-state index in [-0.39, 0.29) is 11.4 Å². The summed E-state index contributed by atoms with van der Waals surface area (Å²) in [5.74, 6) is 3.28. The molecule has 5 atom stereocenters. The minimum absolute atomic E-state index is 0.00814. The molecule has 0 radical (unpaired) electrons. The number of nitrogens with zero attached hydrogens (tertiary/aromatic N) is 3. The van der Waals surface area contributed by atoms with Gasteiger partial charge in [-0.2, -0.15) is 0 Å². The molecule has 4 fully saturated rings. The molecule has 1 amide bonds. The number of nitrogens with one attached hydrogen (secondary N) is 1. The monoisotopic (exact) mass is 384 g/mol. The first kappa shape index (κ1) is 16.1. The van der Waals surface area contributed by atoms with Crippen LogP contribution in [0.2, 0.25) is 0 Å². The summed E-state index contributed by atoms with van der Waals surface area (Å²) in [6.07, 6.45) is 11.4. The van der Waals surface area contributed by atoms with Crippen LogP contribution in [-0.4, -0.2) is 25.8 Å². The summed E-state index contributed by atoms with van der Waals surface area (Å²) in [6.45, 7) is 0. The van der Waals surface area contributed by atoms with Crippen LogP contribution in [0.15, 0.2) is 48.8 Å². The van der Waals surface area contributed by atoms with Gasteiger partial charge >= 0.3 is 0 Å². The molecule has 0 saturated heterocycles. The zero-order valence-corrected chi connectivity index (χ0v) is 16.3. The van der Waals surface area contributed by atoms with E-state index in [4.69, 9.17) is 4.98 Å². The number of pyridine rings is 2. The van der Waals surface area contributed by atoms with E-state index in [1.54, 1.807) is 6.20 Å². The lowest BCUT2D eigenvalue weighted by Gasteiger charge is -2.49. The van der Waals surface area contributed by atoms with Gasteiger partial charge in [0.1, 0.15) is 5.69 Å². The van der Waals surface area contributed by atoms with E-state index >= 15 is 0 Å². The Hall–Kier alpha value is -2.69. The third-order valence-corrected chi connectivity index (χ3v) is 8.50. The van der Waals surface area contributed by atoms with Crippen LogP contribution in [0.1, 0.15) is 49.0 Å². The highest BCUT2D eigenvalue weighted by molar-refractivity contribution is 6.00. The molecule has 5 unspecified atom stereocenters. The van der Waals surface area contributed by atoms with Crippen molar-refractivity contribution in [2.45, 2.75) is 44.1 Å². The van der Waals surface area contributed by atoms with Crippen molar-refractivity contribution in [3.05, 3.63) is 54.5 Å². The Balaban J connectivity index is 1.27. The van der Waals surface area contributed by atoms with Crippen LogP contribution in [0.4, 0.5) is 0 Å².